The smallest absolute Gasteiger partial charge is 0.250 e. The average molecular weight is 289 g/mol. The molecule has 1 heterocycles. The minimum Gasteiger partial charge on any atom is -0.391 e. The van der Waals surface area contributed by atoms with Crippen molar-refractivity contribution in [3.8, 4) is 0 Å². The van der Waals surface area contributed by atoms with Gasteiger partial charge in [0, 0.05) is 10.4 Å². The standard InChI is InChI=1S/C12H19NO3S2/c1-12(7-3-2-4-8-12)13-18(15,16)11-6-5-10(9-14)17-11/h5-6,13-14H,2-4,7-9H2,1H3. The van der Waals surface area contributed by atoms with Crippen molar-refractivity contribution in [2.45, 2.75) is 55.4 Å². The minimum absolute atomic E-state index is 0.114. The minimum atomic E-state index is -3.45. The van der Waals surface area contributed by atoms with Gasteiger partial charge in [0.05, 0.1) is 6.61 Å². The molecule has 4 nitrogen and oxygen atoms in total. The second kappa shape index (κ2) is 5.28. The molecule has 0 aliphatic heterocycles. The van der Waals surface area contributed by atoms with Crippen LogP contribution in [-0.4, -0.2) is 19.1 Å². The summed E-state index contributed by atoms with van der Waals surface area (Å²) in [7, 11) is -3.45. The highest BCUT2D eigenvalue weighted by atomic mass is 32.2. The van der Waals surface area contributed by atoms with E-state index in [9.17, 15) is 8.42 Å². The lowest BCUT2D eigenvalue weighted by atomic mass is 9.84. The third kappa shape index (κ3) is 3.12. The molecule has 1 saturated carbocycles. The summed E-state index contributed by atoms with van der Waals surface area (Å²) in [5.41, 5.74) is -0.319. The van der Waals surface area contributed by atoms with Crippen LogP contribution in [0.4, 0.5) is 0 Å². The molecule has 2 N–H and O–H groups in total. The molecule has 1 aromatic heterocycles. The molecule has 0 aromatic carbocycles. The summed E-state index contributed by atoms with van der Waals surface area (Å²) in [5.74, 6) is 0. The highest BCUT2D eigenvalue weighted by Gasteiger charge is 2.32. The summed E-state index contributed by atoms with van der Waals surface area (Å²) in [6, 6.07) is 3.22. The van der Waals surface area contributed by atoms with Crippen molar-refractivity contribution in [2.75, 3.05) is 0 Å². The molecule has 0 spiro atoms. The molecule has 6 heteroatoms. The predicted octanol–water partition coefficient (Wildman–Crippen LogP) is 2.24. The van der Waals surface area contributed by atoms with Crippen LogP contribution in [0.15, 0.2) is 16.3 Å². The second-order valence-electron chi connectivity index (χ2n) is 5.11. The number of aliphatic hydroxyl groups is 1. The zero-order chi connectivity index (χ0) is 13.2. The van der Waals surface area contributed by atoms with Gasteiger partial charge >= 0.3 is 0 Å². The van der Waals surface area contributed by atoms with Gasteiger partial charge in [0.15, 0.2) is 0 Å². The molecule has 1 fully saturated rings. The summed E-state index contributed by atoms with van der Waals surface area (Å²) >= 11 is 1.13. The zero-order valence-corrected chi connectivity index (χ0v) is 12.1. The van der Waals surface area contributed by atoms with Gasteiger partial charge in [-0.25, -0.2) is 13.1 Å². The Morgan fingerprint density at radius 2 is 2.00 bits per heavy atom. The first-order chi connectivity index (χ1) is 8.45. The Morgan fingerprint density at radius 3 is 2.56 bits per heavy atom. The molecular weight excluding hydrogens is 270 g/mol. The molecule has 0 saturated heterocycles. The third-order valence-electron chi connectivity index (χ3n) is 3.40. The number of rotatable bonds is 4. The van der Waals surface area contributed by atoms with Crippen LogP contribution in [0.2, 0.25) is 0 Å². The van der Waals surface area contributed by atoms with Gasteiger partial charge in [0.25, 0.3) is 10.0 Å². The molecule has 0 amide bonds. The van der Waals surface area contributed by atoms with Crippen molar-refractivity contribution in [2.24, 2.45) is 0 Å². The van der Waals surface area contributed by atoms with E-state index in [1.165, 1.54) is 6.42 Å². The maximum Gasteiger partial charge on any atom is 0.250 e. The van der Waals surface area contributed by atoms with Crippen LogP contribution in [0.3, 0.4) is 0 Å². The SMILES string of the molecule is CC1(NS(=O)(=O)c2ccc(CO)s2)CCCCC1. The topological polar surface area (TPSA) is 66.4 Å². The summed E-state index contributed by atoms with van der Waals surface area (Å²) in [6.45, 7) is 1.86. The Balaban J connectivity index is 2.16. The fourth-order valence-corrected chi connectivity index (χ4v) is 5.08. The van der Waals surface area contributed by atoms with E-state index in [1.807, 2.05) is 6.92 Å². The summed E-state index contributed by atoms with van der Waals surface area (Å²) in [5, 5.41) is 8.98. The van der Waals surface area contributed by atoms with E-state index in [1.54, 1.807) is 12.1 Å². The number of hydrogen-bond acceptors (Lipinski definition) is 4. The van der Waals surface area contributed by atoms with Crippen LogP contribution >= 0.6 is 11.3 Å². The largest absolute Gasteiger partial charge is 0.391 e. The summed E-state index contributed by atoms with van der Waals surface area (Å²) in [6.07, 6.45) is 5.12. The highest BCUT2D eigenvalue weighted by molar-refractivity contribution is 7.91. The van der Waals surface area contributed by atoms with Gasteiger partial charge in [-0.3, -0.25) is 0 Å². The summed E-state index contributed by atoms with van der Waals surface area (Å²) < 4.78 is 27.6. The van der Waals surface area contributed by atoms with Gasteiger partial charge in [-0.2, -0.15) is 0 Å². The van der Waals surface area contributed by atoms with Gasteiger partial charge in [0.2, 0.25) is 0 Å². The number of aliphatic hydroxyl groups excluding tert-OH is 1. The van der Waals surface area contributed by atoms with E-state index in [0.29, 0.717) is 9.09 Å². The Hall–Kier alpha value is -0.430. The van der Waals surface area contributed by atoms with E-state index in [2.05, 4.69) is 4.72 Å². The van der Waals surface area contributed by atoms with Crippen molar-refractivity contribution in [3.05, 3.63) is 17.0 Å². The predicted molar refractivity (Wildman–Crippen MR) is 72.1 cm³/mol. The molecule has 1 aliphatic carbocycles. The molecular formula is C12H19NO3S2. The number of thiophene rings is 1. The number of hydrogen-bond donors (Lipinski definition) is 2. The van der Waals surface area contributed by atoms with E-state index < -0.39 is 10.0 Å². The first kappa shape index (κ1) is 14.0. The highest BCUT2D eigenvalue weighted by Crippen LogP contribution is 2.30. The van der Waals surface area contributed by atoms with Crippen LogP contribution in [0.25, 0.3) is 0 Å². The van der Waals surface area contributed by atoms with Crippen LogP contribution in [-0.2, 0) is 16.6 Å². The molecule has 102 valence electrons. The number of nitrogens with one attached hydrogen (secondary N) is 1. The lowest BCUT2D eigenvalue weighted by Gasteiger charge is -2.33. The van der Waals surface area contributed by atoms with Crippen LogP contribution in [0, 0.1) is 0 Å². The Bertz CT molecular complexity index is 501. The van der Waals surface area contributed by atoms with Gasteiger partial charge in [-0.15, -0.1) is 11.3 Å². The molecule has 18 heavy (non-hydrogen) atoms. The molecule has 2 rings (SSSR count). The van der Waals surface area contributed by atoms with Gasteiger partial charge in [-0.1, -0.05) is 19.3 Å². The Kier molecular flexibility index (Phi) is 4.11. The maximum atomic E-state index is 12.3. The fraction of sp³-hybridized carbons (Fsp3) is 0.667. The molecule has 1 aliphatic rings. The van der Waals surface area contributed by atoms with Crippen molar-refractivity contribution in [1.29, 1.82) is 0 Å². The monoisotopic (exact) mass is 289 g/mol. The molecule has 0 radical (unpaired) electrons. The van der Waals surface area contributed by atoms with E-state index in [-0.39, 0.29) is 12.1 Å². The first-order valence-corrected chi connectivity index (χ1v) is 8.49. The normalized spacial score (nSPS) is 19.9. The second-order valence-corrected chi connectivity index (χ2v) is 8.18. The molecule has 0 atom stereocenters. The van der Waals surface area contributed by atoms with Gasteiger partial charge < -0.3 is 5.11 Å². The molecule has 0 bridgehead atoms. The van der Waals surface area contributed by atoms with Crippen molar-refractivity contribution >= 4 is 21.4 Å². The number of sulfonamides is 1. The van der Waals surface area contributed by atoms with Crippen molar-refractivity contribution < 1.29 is 13.5 Å². The maximum absolute atomic E-state index is 12.3. The third-order valence-corrected chi connectivity index (χ3v) is 6.60. The van der Waals surface area contributed by atoms with E-state index >= 15 is 0 Å². The Morgan fingerprint density at radius 1 is 1.33 bits per heavy atom. The van der Waals surface area contributed by atoms with E-state index in [4.69, 9.17) is 5.11 Å². The quantitative estimate of drug-likeness (QED) is 0.893. The van der Waals surface area contributed by atoms with Crippen LogP contribution in [0.5, 0.6) is 0 Å². The Labute approximate surface area is 112 Å². The lowest BCUT2D eigenvalue weighted by Crippen LogP contribution is -2.46. The van der Waals surface area contributed by atoms with Crippen molar-refractivity contribution in [1.82, 2.24) is 4.72 Å². The zero-order valence-electron chi connectivity index (χ0n) is 10.5. The summed E-state index contributed by atoms with van der Waals surface area (Å²) in [4.78, 5) is 0.671. The van der Waals surface area contributed by atoms with Gasteiger partial charge in [0.1, 0.15) is 4.21 Å². The first-order valence-electron chi connectivity index (χ1n) is 6.19. The molecule has 1 aromatic rings. The fourth-order valence-electron chi connectivity index (χ4n) is 2.40. The van der Waals surface area contributed by atoms with Crippen LogP contribution in [0.1, 0.15) is 43.9 Å². The lowest BCUT2D eigenvalue weighted by molar-refractivity contribution is 0.285. The van der Waals surface area contributed by atoms with Gasteiger partial charge in [-0.05, 0) is 31.9 Å². The molecule has 0 unspecified atom stereocenters. The average Bonchev–Trinajstić information content (AvgIpc) is 2.77. The van der Waals surface area contributed by atoms with E-state index in [0.717, 1.165) is 37.0 Å². The van der Waals surface area contributed by atoms with Crippen molar-refractivity contribution in [3.63, 3.8) is 0 Å². The van der Waals surface area contributed by atoms with Crippen LogP contribution < -0.4 is 4.72 Å².